The number of unbranched alkanes of at least 4 members (excludes halogenated alkanes) is 8. The van der Waals surface area contributed by atoms with E-state index in [1.165, 1.54) is 64.2 Å². The van der Waals surface area contributed by atoms with Gasteiger partial charge in [-0.3, -0.25) is 0 Å². The van der Waals surface area contributed by atoms with E-state index in [9.17, 15) is 0 Å². The van der Waals surface area contributed by atoms with Crippen molar-refractivity contribution in [2.75, 3.05) is 0 Å². The van der Waals surface area contributed by atoms with Crippen molar-refractivity contribution in [2.45, 2.75) is 77.6 Å². The zero-order valence-corrected chi connectivity index (χ0v) is 11.8. The zero-order valence-electron chi connectivity index (χ0n) is 11.8. The molecule has 0 heterocycles. The van der Waals surface area contributed by atoms with Gasteiger partial charge in [0.2, 0.25) is 0 Å². The van der Waals surface area contributed by atoms with Gasteiger partial charge in [0, 0.05) is 0 Å². The predicted octanol–water partition coefficient (Wildman–Crippen LogP) is 6.24. The van der Waals surface area contributed by atoms with Crippen LogP contribution in [0.5, 0.6) is 0 Å². The zero-order chi connectivity index (χ0) is 12.6. The van der Waals surface area contributed by atoms with Crippen molar-refractivity contribution in [2.24, 2.45) is 0 Å². The van der Waals surface area contributed by atoms with Gasteiger partial charge in [-0.2, -0.15) is 0 Å². The molecule has 0 spiro atoms. The van der Waals surface area contributed by atoms with E-state index in [-0.39, 0.29) is 0 Å². The third-order valence-electron chi connectivity index (χ3n) is 2.92. The Bertz CT molecular complexity index is 156. The van der Waals surface area contributed by atoms with Crippen molar-refractivity contribution in [1.29, 1.82) is 0 Å². The molecule has 0 aliphatic rings. The first-order valence-corrected chi connectivity index (χ1v) is 7.51. The van der Waals surface area contributed by atoms with Crippen LogP contribution in [0.4, 0.5) is 0 Å². The van der Waals surface area contributed by atoms with E-state index >= 15 is 0 Å². The lowest BCUT2D eigenvalue weighted by Crippen LogP contribution is -1.73. The molecule has 17 heavy (non-hydrogen) atoms. The molecule has 0 saturated carbocycles. The van der Waals surface area contributed by atoms with Gasteiger partial charge in [-0.1, -0.05) is 63.8 Å². The first kappa shape index (κ1) is 16.5. The van der Waals surface area contributed by atoms with E-state index < -0.39 is 0 Å². The molecule has 0 nitrogen and oxygen atoms in total. The second kappa shape index (κ2) is 15.5. The van der Waals surface area contributed by atoms with Gasteiger partial charge in [0.1, 0.15) is 0 Å². The van der Waals surface area contributed by atoms with Crippen molar-refractivity contribution >= 4 is 0 Å². The molecule has 0 aromatic carbocycles. The molecule has 0 aliphatic carbocycles. The SMILES string of the molecule is [CH2]CCCCC=CCCCC=CCCCCC. The minimum Gasteiger partial charge on any atom is -0.0885 e. The van der Waals surface area contributed by atoms with Crippen molar-refractivity contribution < 1.29 is 0 Å². The van der Waals surface area contributed by atoms with Gasteiger partial charge in [-0.05, 0) is 44.9 Å². The molecule has 0 heteroatoms. The summed E-state index contributed by atoms with van der Waals surface area (Å²) in [7, 11) is 0. The number of allylic oxidation sites excluding steroid dienone is 4. The normalized spacial score (nSPS) is 11.9. The minimum atomic E-state index is 1.08. The average Bonchev–Trinajstić information content (AvgIpc) is 2.35. The molecule has 0 saturated heterocycles. The highest BCUT2D eigenvalue weighted by Crippen LogP contribution is 2.04. The summed E-state index contributed by atoms with van der Waals surface area (Å²) in [4.78, 5) is 0. The van der Waals surface area contributed by atoms with Crippen LogP contribution in [0.15, 0.2) is 24.3 Å². The predicted molar refractivity (Wildman–Crippen MR) is 80.1 cm³/mol. The van der Waals surface area contributed by atoms with Crippen LogP contribution in [0.25, 0.3) is 0 Å². The summed E-state index contributed by atoms with van der Waals surface area (Å²) >= 11 is 0. The van der Waals surface area contributed by atoms with Gasteiger partial charge in [-0.25, -0.2) is 0 Å². The summed E-state index contributed by atoms with van der Waals surface area (Å²) in [5, 5.41) is 0. The molecular weight excluding hydrogens is 204 g/mol. The molecule has 0 aliphatic heterocycles. The Labute approximate surface area is 109 Å². The van der Waals surface area contributed by atoms with Crippen molar-refractivity contribution in [3.8, 4) is 0 Å². The molecule has 0 rings (SSSR count). The van der Waals surface area contributed by atoms with Gasteiger partial charge in [0.05, 0.1) is 0 Å². The Morgan fingerprint density at radius 1 is 0.647 bits per heavy atom. The highest BCUT2D eigenvalue weighted by molar-refractivity contribution is 4.85. The molecule has 0 bridgehead atoms. The van der Waals surface area contributed by atoms with Crippen LogP contribution in [-0.4, -0.2) is 0 Å². The Morgan fingerprint density at radius 2 is 1.12 bits per heavy atom. The molecule has 99 valence electrons. The number of rotatable bonds is 12. The monoisotopic (exact) mass is 235 g/mol. The maximum atomic E-state index is 3.85. The van der Waals surface area contributed by atoms with E-state index in [0.717, 1.165) is 6.42 Å². The Kier molecular flexibility index (Phi) is 15.0. The lowest BCUT2D eigenvalue weighted by molar-refractivity contribution is 0.727. The minimum absolute atomic E-state index is 1.08. The smallest absolute Gasteiger partial charge is 0.0348 e. The van der Waals surface area contributed by atoms with Gasteiger partial charge in [0.15, 0.2) is 0 Å². The van der Waals surface area contributed by atoms with Crippen molar-refractivity contribution in [3.63, 3.8) is 0 Å². The van der Waals surface area contributed by atoms with Gasteiger partial charge >= 0.3 is 0 Å². The summed E-state index contributed by atoms with van der Waals surface area (Å²) in [6, 6.07) is 0. The van der Waals surface area contributed by atoms with E-state index in [1.807, 2.05) is 0 Å². The molecule has 0 atom stereocenters. The van der Waals surface area contributed by atoms with E-state index in [4.69, 9.17) is 0 Å². The van der Waals surface area contributed by atoms with E-state index in [0.29, 0.717) is 0 Å². The molecule has 0 N–H and O–H groups in total. The topological polar surface area (TPSA) is 0 Å². The summed E-state index contributed by atoms with van der Waals surface area (Å²) < 4.78 is 0. The third kappa shape index (κ3) is 15.5. The lowest BCUT2D eigenvalue weighted by Gasteiger charge is -1.94. The van der Waals surface area contributed by atoms with Gasteiger partial charge < -0.3 is 0 Å². The fourth-order valence-corrected chi connectivity index (χ4v) is 1.78. The second-order valence-corrected chi connectivity index (χ2v) is 4.72. The first-order chi connectivity index (χ1) is 8.41. The fourth-order valence-electron chi connectivity index (χ4n) is 1.78. The van der Waals surface area contributed by atoms with Crippen molar-refractivity contribution in [1.82, 2.24) is 0 Å². The van der Waals surface area contributed by atoms with E-state index in [2.05, 4.69) is 38.2 Å². The molecule has 1 radical (unpaired) electrons. The molecule has 0 aromatic rings. The lowest BCUT2D eigenvalue weighted by atomic mass is 10.1. The molecule has 0 aromatic heterocycles. The Morgan fingerprint density at radius 3 is 1.59 bits per heavy atom. The van der Waals surface area contributed by atoms with Gasteiger partial charge in [0.25, 0.3) is 0 Å². The maximum absolute atomic E-state index is 3.85. The Hall–Kier alpha value is -0.520. The summed E-state index contributed by atoms with van der Waals surface area (Å²) in [6.07, 6.45) is 23.4. The third-order valence-corrected chi connectivity index (χ3v) is 2.92. The van der Waals surface area contributed by atoms with Crippen molar-refractivity contribution in [3.05, 3.63) is 31.2 Å². The fraction of sp³-hybridized carbons (Fsp3) is 0.706. The van der Waals surface area contributed by atoms with Crippen LogP contribution in [0.1, 0.15) is 77.6 Å². The number of hydrogen-bond acceptors (Lipinski definition) is 0. The first-order valence-electron chi connectivity index (χ1n) is 7.51. The van der Waals surface area contributed by atoms with Gasteiger partial charge in [-0.15, -0.1) is 0 Å². The highest BCUT2D eigenvalue weighted by atomic mass is 13.9. The van der Waals surface area contributed by atoms with Crippen LogP contribution in [0, 0.1) is 6.92 Å². The second-order valence-electron chi connectivity index (χ2n) is 4.72. The largest absolute Gasteiger partial charge is 0.0885 e. The molecule has 0 unspecified atom stereocenters. The van der Waals surface area contributed by atoms with E-state index in [1.54, 1.807) is 0 Å². The summed E-state index contributed by atoms with van der Waals surface area (Å²) in [6.45, 7) is 6.11. The standard InChI is InChI=1S/C17H31/c1-3-5-7-9-11-13-15-17-16-14-12-10-8-6-4-2/h11-14H,1,3-10,15-17H2,2H3. The van der Waals surface area contributed by atoms with Crippen LogP contribution >= 0.6 is 0 Å². The summed E-state index contributed by atoms with van der Waals surface area (Å²) in [5.41, 5.74) is 0. The highest BCUT2D eigenvalue weighted by Gasteiger charge is 1.84. The molecular formula is C17H31. The van der Waals surface area contributed by atoms with Crippen LogP contribution in [0.2, 0.25) is 0 Å². The number of hydrogen-bond donors (Lipinski definition) is 0. The van der Waals surface area contributed by atoms with Crippen LogP contribution in [0.3, 0.4) is 0 Å². The Balaban J connectivity index is 3.11. The van der Waals surface area contributed by atoms with Crippen LogP contribution < -0.4 is 0 Å². The quantitative estimate of drug-likeness (QED) is 0.277. The molecule has 0 amide bonds. The molecule has 0 fully saturated rings. The maximum Gasteiger partial charge on any atom is -0.0348 e. The average molecular weight is 235 g/mol. The summed E-state index contributed by atoms with van der Waals surface area (Å²) in [5.74, 6) is 0. The van der Waals surface area contributed by atoms with Crippen LogP contribution in [-0.2, 0) is 0 Å².